The minimum absolute atomic E-state index is 0.0390. The molecule has 3 aromatic rings. The Balaban J connectivity index is 1.73. The van der Waals surface area contributed by atoms with Crippen molar-refractivity contribution in [1.29, 1.82) is 0 Å². The summed E-state index contributed by atoms with van der Waals surface area (Å²) in [5.74, 6) is -0.724. The van der Waals surface area contributed by atoms with Gasteiger partial charge in [-0.15, -0.1) is 0 Å². The monoisotopic (exact) mass is 437 g/mol. The largest absolute Gasteiger partial charge is 0.503 e. The predicted octanol–water partition coefficient (Wildman–Crippen LogP) is 3.16. The molecule has 1 aliphatic heterocycles. The number of ketones is 1. The van der Waals surface area contributed by atoms with E-state index in [1.165, 1.54) is 31.4 Å². The molecule has 0 bridgehead atoms. The number of methoxy groups -OCH3 is 2. The lowest BCUT2D eigenvalue weighted by Crippen LogP contribution is -2.32. The van der Waals surface area contributed by atoms with Crippen LogP contribution in [-0.4, -0.2) is 52.0 Å². The first kappa shape index (κ1) is 21.2. The molecule has 0 spiro atoms. The number of hydrogen-bond acceptors (Lipinski definition) is 7. The molecule has 1 amide bonds. The van der Waals surface area contributed by atoms with Crippen molar-refractivity contribution in [1.82, 2.24) is 14.5 Å². The number of benzene rings is 1. The van der Waals surface area contributed by atoms with Gasteiger partial charge in [-0.2, -0.15) is 0 Å². The van der Waals surface area contributed by atoms with Gasteiger partial charge in [0.1, 0.15) is 11.5 Å². The van der Waals surface area contributed by atoms with Crippen LogP contribution >= 0.6 is 0 Å². The lowest BCUT2D eigenvalue weighted by Gasteiger charge is -2.28. The SMILES string of the molecule is COc1ccc([C@@H]2C(C(=O)c3ccco3)=C(O)C(=O)N2CCCn2ccnc2)c(OC)c1. The average Bonchev–Trinajstić information content (AvgIpc) is 3.57. The zero-order chi connectivity index (χ0) is 22.7. The van der Waals surface area contributed by atoms with E-state index >= 15 is 0 Å². The smallest absolute Gasteiger partial charge is 0.290 e. The fourth-order valence-corrected chi connectivity index (χ4v) is 3.87. The molecule has 1 aliphatic rings. The van der Waals surface area contributed by atoms with Crippen LogP contribution < -0.4 is 9.47 Å². The number of nitrogens with zero attached hydrogens (tertiary/aromatic N) is 3. The lowest BCUT2D eigenvalue weighted by molar-refractivity contribution is -0.129. The summed E-state index contributed by atoms with van der Waals surface area (Å²) in [6, 6.07) is 7.35. The number of ether oxygens (including phenoxy) is 2. The van der Waals surface area contributed by atoms with Gasteiger partial charge in [0.05, 0.1) is 38.4 Å². The number of aryl methyl sites for hydroxylation is 1. The van der Waals surface area contributed by atoms with Crippen molar-refractivity contribution in [3.63, 3.8) is 0 Å². The molecule has 9 nitrogen and oxygen atoms in total. The van der Waals surface area contributed by atoms with Crippen LogP contribution in [0.3, 0.4) is 0 Å². The van der Waals surface area contributed by atoms with Gasteiger partial charge >= 0.3 is 0 Å². The maximum absolute atomic E-state index is 13.2. The number of Topliss-reactive ketones (excluding diaryl/α,β-unsaturated/α-hetero) is 1. The van der Waals surface area contributed by atoms with E-state index in [2.05, 4.69) is 4.98 Å². The molecular formula is C23H23N3O6. The summed E-state index contributed by atoms with van der Waals surface area (Å²) >= 11 is 0. The molecule has 4 rings (SSSR count). The highest BCUT2D eigenvalue weighted by Gasteiger charge is 2.45. The second kappa shape index (κ2) is 9.01. The van der Waals surface area contributed by atoms with Gasteiger partial charge in [-0.1, -0.05) is 0 Å². The van der Waals surface area contributed by atoms with Crippen LogP contribution in [0.25, 0.3) is 0 Å². The Labute approximate surface area is 184 Å². The van der Waals surface area contributed by atoms with Gasteiger partial charge in [-0.3, -0.25) is 9.59 Å². The summed E-state index contributed by atoms with van der Waals surface area (Å²) in [5, 5.41) is 10.7. The first-order valence-electron chi connectivity index (χ1n) is 10.0. The van der Waals surface area contributed by atoms with E-state index in [9.17, 15) is 14.7 Å². The number of rotatable bonds is 9. The summed E-state index contributed by atoms with van der Waals surface area (Å²) in [6.07, 6.45) is 7.16. The standard InChI is InChI=1S/C23H23N3O6/c1-30-15-6-7-16(18(13-15)31-2)20-19(21(27)17-5-3-12-32-17)22(28)23(29)26(20)10-4-9-25-11-8-24-14-25/h3,5-8,11-14,20,28H,4,9-10H2,1-2H3/t20-/m1/s1. The van der Waals surface area contributed by atoms with Crippen LogP contribution in [-0.2, 0) is 11.3 Å². The van der Waals surface area contributed by atoms with Gasteiger partial charge < -0.3 is 28.5 Å². The van der Waals surface area contributed by atoms with E-state index in [1.807, 2.05) is 10.8 Å². The Kier molecular flexibility index (Phi) is 5.98. The van der Waals surface area contributed by atoms with Crippen molar-refractivity contribution in [3.05, 3.63) is 78.0 Å². The summed E-state index contributed by atoms with van der Waals surface area (Å²) in [5.41, 5.74) is 0.513. The Morgan fingerprint density at radius 3 is 2.72 bits per heavy atom. The maximum Gasteiger partial charge on any atom is 0.290 e. The number of aliphatic hydroxyl groups is 1. The Bertz CT molecular complexity index is 1130. The number of imidazole rings is 1. The van der Waals surface area contributed by atoms with E-state index in [-0.39, 0.29) is 11.3 Å². The topological polar surface area (TPSA) is 107 Å². The van der Waals surface area contributed by atoms with E-state index in [1.54, 1.807) is 36.8 Å². The normalized spacial score (nSPS) is 16.0. The van der Waals surface area contributed by atoms with Crippen molar-refractivity contribution in [2.75, 3.05) is 20.8 Å². The second-order valence-corrected chi connectivity index (χ2v) is 7.23. The highest BCUT2D eigenvalue weighted by atomic mass is 16.5. The van der Waals surface area contributed by atoms with Crippen molar-refractivity contribution in [2.24, 2.45) is 0 Å². The third-order valence-electron chi connectivity index (χ3n) is 5.40. The molecule has 9 heteroatoms. The molecule has 2 aromatic heterocycles. The molecule has 0 unspecified atom stereocenters. The van der Waals surface area contributed by atoms with Crippen LogP contribution in [0.2, 0.25) is 0 Å². The molecule has 1 atom stereocenters. The summed E-state index contributed by atoms with van der Waals surface area (Å²) in [6.45, 7) is 0.925. The van der Waals surface area contributed by atoms with Crippen molar-refractivity contribution >= 4 is 11.7 Å². The number of aliphatic hydroxyl groups excluding tert-OH is 1. The Hall–Kier alpha value is -4.01. The number of aromatic nitrogens is 2. The van der Waals surface area contributed by atoms with Gasteiger partial charge in [0, 0.05) is 37.1 Å². The number of amides is 1. The molecule has 0 fully saturated rings. The minimum Gasteiger partial charge on any atom is -0.503 e. The Morgan fingerprint density at radius 1 is 1.22 bits per heavy atom. The average molecular weight is 437 g/mol. The highest BCUT2D eigenvalue weighted by Crippen LogP contribution is 2.43. The third kappa shape index (κ3) is 3.84. The van der Waals surface area contributed by atoms with Gasteiger partial charge in [0.25, 0.3) is 5.91 Å². The van der Waals surface area contributed by atoms with Crippen LogP contribution in [0.1, 0.15) is 28.6 Å². The molecule has 32 heavy (non-hydrogen) atoms. The number of furan rings is 1. The van der Waals surface area contributed by atoms with Crippen molar-refractivity contribution in [2.45, 2.75) is 19.0 Å². The first-order valence-corrected chi connectivity index (χ1v) is 10.0. The van der Waals surface area contributed by atoms with Crippen LogP contribution in [0.4, 0.5) is 0 Å². The van der Waals surface area contributed by atoms with E-state index in [0.717, 1.165) is 0 Å². The van der Waals surface area contributed by atoms with Crippen LogP contribution in [0.15, 0.2) is 71.1 Å². The molecule has 3 heterocycles. The van der Waals surface area contributed by atoms with E-state index in [0.29, 0.717) is 36.6 Å². The van der Waals surface area contributed by atoms with Crippen molar-refractivity contribution in [3.8, 4) is 11.5 Å². The first-order chi connectivity index (χ1) is 15.5. The quantitative estimate of drug-likeness (QED) is 0.513. The van der Waals surface area contributed by atoms with Gasteiger partial charge in [0.15, 0.2) is 11.5 Å². The summed E-state index contributed by atoms with van der Waals surface area (Å²) in [7, 11) is 3.03. The Morgan fingerprint density at radius 2 is 2.06 bits per heavy atom. The van der Waals surface area contributed by atoms with Gasteiger partial charge in [-0.25, -0.2) is 4.98 Å². The molecule has 0 radical (unpaired) electrons. The van der Waals surface area contributed by atoms with Gasteiger partial charge in [0.2, 0.25) is 5.78 Å². The van der Waals surface area contributed by atoms with Crippen molar-refractivity contribution < 1.29 is 28.6 Å². The fraction of sp³-hybridized carbons (Fsp3) is 0.261. The predicted molar refractivity (Wildman–Crippen MR) is 114 cm³/mol. The second-order valence-electron chi connectivity index (χ2n) is 7.23. The molecular weight excluding hydrogens is 414 g/mol. The van der Waals surface area contributed by atoms with Gasteiger partial charge in [-0.05, 0) is 30.7 Å². The number of carbonyl (C=O) groups excluding carboxylic acids is 2. The highest BCUT2D eigenvalue weighted by molar-refractivity contribution is 6.15. The molecule has 1 aromatic carbocycles. The molecule has 0 saturated carbocycles. The van der Waals surface area contributed by atoms with E-state index < -0.39 is 23.5 Å². The zero-order valence-corrected chi connectivity index (χ0v) is 17.7. The molecule has 166 valence electrons. The summed E-state index contributed by atoms with van der Waals surface area (Å²) in [4.78, 5) is 31.7. The zero-order valence-electron chi connectivity index (χ0n) is 17.7. The molecule has 1 N–H and O–H groups in total. The molecule has 0 saturated heterocycles. The lowest BCUT2D eigenvalue weighted by atomic mass is 9.94. The number of carbonyl (C=O) groups is 2. The van der Waals surface area contributed by atoms with E-state index in [4.69, 9.17) is 13.9 Å². The summed E-state index contributed by atoms with van der Waals surface area (Å²) < 4.78 is 17.9. The third-order valence-corrected chi connectivity index (χ3v) is 5.40. The van der Waals surface area contributed by atoms with Crippen LogP contribution in [0, 0.1) is 0 Å². The number of hydrogen-bond donors (Lipinski definition) is 1. The minimum atomic E-state index is -0.844. The fourth-order valence-electron chi connectivity index (χ4n) is 3.87. The molecule has 0 aliphatic carbocycles. The van der Waals surface area contributed by atoms with Crippen LogP contribution in [0.5, 0.6) is 11.5 Å². The maximum atomic E-state index is 13.2.